The van der Waals surface area contributed by atoms with E-state index in [0.717, 1.165) is 16.0 Å². The lowest BCUT2D eigenvalue weighted by Crippen LogP contribution is -2.24. The second-order valence-corrected chi connectivity index (χ2v) is 7.20. The lowest BCUT2D eigenvalue weighted by molar-refractivity contribution is -0.149. The Hall–Kier alpha value is -2.87. The fourth-order valence-electron chi connectivity index (χ4n) is 2.37. The van der Waals surface area contributed by atoms with Gasteiger partial charge in [0.1, 0.15) is 10.8 Å². The number of para-hydroxylation sites is 1. The monoisotopic (exact) mass is 405 g/mol. The van der Waals surface area contributed by atoms with Crippen LogP contribution in [-0.2, 0) is 19.1 Å². The van der Waals surface area contributed by atoms with Crippen LogP contribution in [0.4, 0.5) is 5.00 Å². The Morgan fingerprint density at radius 2 is 1.75 bits per heavy atom. The highest BCUT2D eigenvalue weighted by molar-refractivity contribution is 7.16. The third kappa shape index (κ3) is 5.56. The van der Waals surface area contributed by atoms with E-state index < -0.39 is 24.5 Å². The minimum absolute atomic E-state index is 0.235. The minimum atomic E-state index is -0.664. The molecular formula is C20H23NO6S. The van der Waals surface area contributed by atoms with Gasteiger partial charge in [-0.15, -0.1) is 11.3 Å². The van der Waals surface area contributed by atoms with Crippen LogP contribution in [0.5, 0.6) is 5.75 Å². The number of amides is 1. The number of aryl methyl sites for hydroxylation is 2. The Bertz CT molecular complexity index is 874. The summed E-state index contributed by atoms with van der Waals surface area (Å²) in [4.78, 5) is 36.9. The molecule has 7 nitrogen and oxygen atoms in total. The molecule has 0 aliphatic heterocycles. The van der Waals surface area contributed by atoms with Crippen molar-refractivity contribution in [3.8, 4) is 5.75 Å². The summed E-state index contributed by atoms with van der Waals surface area (Å²) in [5.41, 5.74) is 1.97. The van der Waals surface area contributed by atoms with Crippen LogP contribution in [0.3, 0.4) is 0 Å². The second kappa shape index (κ2) is 9.89. The van der Waals surface area contributed by atoms with E-state index in [0.29, 0.717) is 16.3 Å². The number of ether oxygens (including phenoxy) is 3. The van der Waals surface area contributed by atoms with Gasteiger partial charge in [-0.2, -0.15) is 0 Å². The fraction of sp³-hybridized carbons (Fsp3) is 0.350. The summed E-state index contributed by atoms with van der Waals surface area (Å²) < 4.78 is 15.4. The highest BCUT2D eigenvalue weighted by atomic mass is 32.1. The van der Waals surface area contributed by atoms with Crippen LogP contribution in [0.2, 0.25) is 0 Å². The van der Waals surface area contributed by atoms with Crippen molar-refractivity contribution in [3.05, 3.63) is 45.8 Å². The van der Waals surface area contributed by atoms with Crippen LogP contribution in [0.15, 0.2) is 24.3 Å². The van der Waals surface area contributed by atoms with Gasteiger partial charge in [-0.1, -0.05) is 18.2 Å². The van der Waals surface area contributed by atoms with Gasteiger partial charge in [-0.3, -0.25) is 4.79 Å². The van der Waals surface area contributed by atoms with Crippen molar-refractivity contribution in [1.29, 1.82) is 0 Å². The SMILES string of the molecule is CCOC(=O)c1c(NC(=O)COC(=O)COc2ccccc2C)sc(C)c1C. The fourth-order valence-corrected chi connectivity index (χ4v) is 3.43. The Balaban J connectivity index is 1.89. The van der Waals surface area contributed by atoms with E-state index in [4.69, 9.17) is 14.2 Å². The van der Waals surface area contributed by atoms with Gasteiger partial charge >= 0.3 is 11.9 Å². The van der Waals surface area contributed by atoms with Gasteiger partial charge in [-0.25, -0.2) is 9.59 Å². The second-order valence-electron chi connectivity index (χ2n) is 5.97. The highest BCUT2D eigenvalue weighted by Gasteiger charge is 2.22. The first-order valence-corrected chi connectivity index (χ1v) is 9.56. The van der Waals surface area contributed by atoms with Crippen molar-refractivity contribution < 1.29 is 28.6 Å². The predicted octanol–water partition coefficient (Wildman–Crippen LogP) is 3.41. The van der Waals surface area contributed by atoms with Gasteiger partial charge in [0, 0.05) is 4.88 Å². The van der Waals surface area contributed by atoms with Crippen LogP contribution >= 0.6 is 11.3 Å². The van der Waals surface area contributed by atoms with E-state index in [2.05, 4.69) is 5.32 Å². The van der Waals surface area contributed by atoms with Crippen LogP contribution in [0.1, 0.15) is 33.3 Å². The summed E-state index contributed by atoms with van der Waals surface area (Å²) >= 11 is 1.27. The molecule has 2 rings (SSSR count). The molecule has 0 aliphatic rings. The van der Waals surface area contributed by atoms with E-state index in [-0.39, 0.29) is 13.2 Å². The number of hydrogen-bond donors (Lipinski definition) is 1. The quantitative estimate of drug-likeness (QED) is 0.677. The van der Waals surface area contributed by atoms with E-state index in [1.165, 1.54) is 11.3 Å². The van der Waals surface area contributed by atoms with Crippen molar-refractivity contribution in [3.63, 3.8) is 0 Å². The van der Waals surface area contributed by atoms with Crippen LogP contribution in [-0.4, -0.2) is 37.7 Å². The summed E-state index contributed by atoms with van der Waals surface area (Å²) in [7, 11) is 0. The molecule has 2 aromatic rings. The minimum Gasteiger partial charge on any atom is -0.482 e. The van der Waals surface area contributed by atoms with Gasteiger partial charge in [0.15, 0.2) is 13.2 Å². The number of thiophene rings is 1. The topological polar surface area (TPSA) is 90.9 Å². The van der Waals surface area contributed by atoms with E-state index in [1.807, 2.05) is 26.0 Å². The van der Waals surface area contributed by atoms with Gasteiger partial charge in [0.2, 0.25) is 0 Å². The maximum absolute atomic E-state index is 12.1. The average molecular weight is 405 g/mol. The van der Waals surface area contributed by atoms with Crippen molar-refractivity contribution in [2.24, 2.45) is 0 Å². The maximum Gasteiger partial charge on any atom is 0.344 e. The molecule has 0 spiro atoms. The molecule has 0 bridgehead atoms. The molecule has 0 saturated heterocycles. The summed E-state index contributed by atoms with van der Waals surface area (Å²) in [5.74, 6) is -1.13. The number of esters is 2. The van der Waals surface area contributed by atoms with Gasteiger partial charge in [0.25, 0.3) is 5.91 Å². The molecule has 0 radical (unpaired) electrons. The van der Waals surface area contributed by atoms with Gasteiger partial charge in [-0.05, 0) is 44.9 Å². The Morgan fingerprint density at radius 1 is 1.04 bits per heavy atom. The van der Waals surface area contributed by atoms with Crippen molar-refractivity contribution >= 4 is 34.2 Å². The van der Waals surface area contributed by atoms with Crippen LogP contribution in [0, 0.1) is 20.8 Å². The third-order valence-corrected chi connectivity index (χ3v) is 5.04. The lowest BCUT2D eigenvalue weighted by atomic mass is 10.1. The van der Waals surface area contributed by atoms with E-state index in [1.54, 1.807) is 26.0 Å². The first-order chi connectivity index (χ1) is 13.3. The number of benzene rings is 1. The number of nitrogens with one attached hydrogen (secondary N) is 1. The van der Waals surface area contributed by atoms with Gasteiger partial charge in [0.05, 0.1) is 12.2 Å². The molecule has 0 aliphatic carbocycles. The van der Waals surface area contributed by atoms with Crippen molar-refractivity contribution in [1.82, 2.24) is 0 Å². The molecule has 1 aromatic heterocycles. The summed E-state index contributed by atoms with van der Waals surface area (Å²) in [5, 5.41) is 2.99. The van der Waals surface area contributed by atoms with Crippen molar-refractivity contribution in [2.45, 2.75) is 27.7 Å². The summed E-state index contributed by atoms with van der Waals surface area (Å²) in [6.45, 7) is 6.66. The number of carbonyl (C=O) groups excluding carboxylic acids is 3. The zero-order chi connectivity index (χ0) is 20.7. The molecule has 28 heavy (non-hydrogen) atoms. The maximum atomic E-state index is 12.1. The standard InChI is InChI=1S/C20H23NO6S/c1-5-25-20(24)18-13(3)14(4)28-19(18)21-16(22)10-27-17(23)11-26-15-9-7-6-8-12(15)2/h6-9H,5,10-11H2,1-4H3,(H,21,22). The number of hydrogen-bond acceptors (Lipinski definition) is 7. The molecule has 0 saturated carbocycles. The number of anilines is 1. The number of carbonyl (C=O) groups is 3. The van der Waals surface area contributed by atoms with Crippen LogP contribution in [0.25, 0.3) is 0 Å². The number of rotatable bonds is 8. The Labute approximate surface area is 167 Å². The summed E-state index contributed by atoms with van der Waals surface area (Å²) in [6, 6.07) is 7.27. The molecule has 1 heterocycles. The Morgan fingerprint density at radius 3 is 2.43 bits per heavy atom. The molecule has 1 N–H and O–H groups in total. The van der Waals surface area contributed by atoms with Gasteiger partial charge < -0.3 is 19.5 Å². The first kappa shape index (κ1) is 21.4. The van der Waals surface area contributed by atoms with Crippen LogP contribution < -0.4 is 10.1 Å². The average Bonchev–Trinajstić information content (AvgIpc) is 2.93. The molecule has 0 atom stereocenters. The lowest BCUT2D eigenvalue weighted by Gasteiger charge is -2.09. The Kier molecular flexibility index (Phi) is 7.57. The molecule has 1 aromatic carbocycles. The highest BCUT2D eigenvalue weighted by Crippen LogP contribution is 2.33. The molecular weight excluding hydrogens is 382 g/mol. The first-order valence-electron chi connectivity index (χ1n) is 8.74. The molecule has 0 unspecified atom stereocenters. The summed E-state index contributed by atoms with van der Waals surface area (Å²) in [6.07, 6.45) is 0. The van der Waals surface area contributed by atoms with Crippen molar-refractivity contribution in [2.75, 3.05) is 25.1 Å². The zero-order valence-electron chi connectivity index (χ0n) is 16.3. The largest absolute Gasteiger partial charge is 0.482 e. The molecule has 8 heteroatoms. The smallest absolute Gasteiger partial charge is 0.344 e. The zero-order valence-corrected chi connectivity index (χ0v) is 17.1. The normalized spacial score (nSPS) is 10.3. The predicted molar refractivity (Wildman–Crippen MR) is 106 cm³/mol. The molecule has 150 valence electrons. The third-order valence-electron chi connectivity index (χ3n) is 3.92. The molecule has 1 amide bonds. The van der Waals surface area contributed by atoms with E-state index >= 15 is 0 Å². The molecule has 0 fully saturated rings. The van der Waals surface area contributed by atoms with E-state index in [9.17, 15) is 14.4 Å².